The molecule has 0 aliphatic carbocycles. The van der Waals surface area contributed by atoms with Crippen LogP contribution >= 0.6 is 11.3 Å². The number of para-hydroxylation sites is 1. The van der Waals surface area contributed by atoms with Gasteiger partial charge in [-0.05, 0) is 82.5 Å². The minimum Gasteiger partial charge on any atom is -0.441 e. The first-order valence-electron chi connectivity index (χ1n) is 12.0. The van der Waals surface area contributed by atoms with Gasteiger partial charge in [0.25, 0.3) is 0 Å². The lowest BCUT2D eigenvalue weighted by molar-refractivity contribution is -0.0318. The van der Waals surface area contributed by atoms with Crippen LogP contribution in [0.5, 0.6) is 5.75 Å². The highest BCUT2D eigenvalue weighted by atomic mass is 32.1. The summed E-state index contributed by atoms with van der Waals surface area (Å²) >= 11 is 1.14. The maximum atomic E-state index is 16.6. The number of hydrogen-bond donors (Lipinski definition) is 1. The number of thiophene rings is 1. The van der Waals surface area contributed by atoms with Crippen molar-refractivity contribution in [2.75, 3.05) is 13.1 Å². The zero-order chi connectivity index (χ0) is 24.7. The van der Waals surface area contributed by atoms with Crippen LogP contribution in [0.3, 0.4) is 0 Å². The molecule has 0 saturated carbocycles. The van der Waals surface area contributed by atoms with Gasteiger partial charge in [-0.1, -0.05) is 24.3 Å². The molecule has 184 valence electrons. The van der Waals surface area contributed by atoms with E-state index in [4.69, 9.17) is 4.74 Å². The van der Waals surface area contributed by atoms with E-state index in [1.807, 2.05) is 49.5 Å². The number of aromatic nitrogens is 1. The maximum absolute atomic E-state index is 16.6. The lowest BCUT2D eigenvalue weighted by Crippen LogP contribution is -2.62. The third-order valence-electron chi connectivity index (χ3n) is 7.62. The van der Waals surface area contributed by atoms with Gasteiger partial charge in [0.1, 0.15) is 5.75 Å². The fraction of sp³-hybridized carbons (Fsp3) is 0.393. The van der Waals surface area contributed by atoms with E-state index in [2.05, 4.69) is 35.1 Å². The van der Waals surface area contributed by atoms with Crippen molar-refractivity contribution in [2.45, 2.75) is 51.4 Å². The Morgan fingerprint density at radius 3 is 2.57 bits per heavy atom. The number of aryl methyl sites for hydroxylation is 2. The second-order valence-electron chi connectivity index (χ2n) is 10.2. The molecule has 0 bridgehead atoms. The molecule has 35 heavy (non-hydrogen) atoms. The lowest BCUT2D eigenvalue weighted by atomic mass is 9.71. The predicted molar refractivity (Wildman–Crippen MR) is 135 cm³/mol. The Kier molecular flexibility index (Phi) is 6.18. The van der Waals surface area contributed by atoms with Gasteiger partial charge in [0.15, 0.2) is 11.0 Å². The van der Waals surface area contributed by atoms with Crippen LogP contribution in [0.15, 0.2) is 72.8 Å². The van der Waals surface area contributed by atoms with Gasteiger partial charge in [-0.2, -0.15) is 4.39 Å². The van der Waals surface area contributed by atoms with E-state index in [1.54, 1.807) is 12.1 Å². The minimum atomic E-state index is -1.71. The van der Waals surface area contributed by atoms with E-state index in [0.717, 1.165) is 34.0 Å². The van der Waals surface area contributed by atoms with Crippen LogP contribution in [0.1, 0.15) is 42.8 Å². The monoisotopic (exact) mass is 495 g/mol. The summed E-state index contributed by atoms with van der Waals surface area (Å²) in [5, 5.41) is 2.81. The quantitative estimate of drug-likeness (QED) is 0.370. The zero-order valence-corrected chi connectivity index (χ0v) is 21.2. The number of benzene rings is 1. The van der Waals surface area contributed by atoms with Crippen molar-refractivity contribution in [1.29, 1.82) is 0 Å². The molecule has 0 amide bonds. The van der Waals surface area contributed by atoms with Crippen molar-refractivity contribution in [3.8, 4) is 5.75 Å². The van der Waals surface area contributed by atoms with Crippen LogP contribution in [0.2, 0.25) is 0 Å². The molecule has 7 heteroatoms. The Morgan fingerprint density at radius 1 is 1.14 bits per heavy atom. The Balaban J connectivity index is 1.40. The van der Waals surface area contributed by atoms with E-state index in [1.165, 1.54) is 6.07 Å². The lowest BCUT2D eigenvalue weighted by Gasteiger charge is -2.48. The molecule has 0 spiro atoms. The van der Waals surface area contributed by atoms with Gasteiger partial charge < -0.3 is 10.1 Å². The number of hydrogen-bond acceptors (Lipinski definition) is 5. The zero-order valence-electron chi connectivity index (χ0n) is 20.4. The van der Waals surface area contributed by atoms with Crippen molar-refractivity contribution in [2.24, 2.45) is 5.41 Å². The fourth-order valence-corrected chi connectivity index (χ4v) is 5.93. The smallest absolute Gasteiger partial charge is 0.213 e. The van der Waals surface area contributed by atoms with Crippen LogP contribution in [0.4, 0.5) is 8.78 Å². The van der Waals surface area contributed by atoms with Gasteiger partial charge in [0.2, 0.25) is 5.79 Å². The molecule has 2 aromatic heterocycles. The van der Waals surface area contributed by atoms with E-state index in [-0.39, 0.29) is 10.7 Å². The van der Waals surface area contributed by atoms with Crippen molar-refractivity contribution in [3.63, 3.8) is 0 Å². The molecule has 1 fully saturated rings. The molecule has 4 nitrogen and oxygen atoms in total. The Hall–Kier alpha value is -2.77. The summed E-state index contributed by atoms with van der Waals surface area (Å²) in [6, 6.07) is 16.8. The summed E-state index contributed by atoms with van der Waals surface area (Å²) in [6.45, 7) is 7.64. The highest BCUT2D eigenvalue weighted by Gasteiger charge is 2.60. The molecule has 2 atom stereocenters. The number of nitrogens with one attached hydrogen (secondary N) is 1. The molecule has 3 aromatic rings. The summed E-state index contributed by atoms with van der Waals surface area (Å²) in [4.78, 5) is 7.77. The van der Waals surface area contributed by atoms with Crippen molar-refractivity contribution < 1.29 is 13.5 Å². The Morgan fingerprint density at radius 2 is 1.91 bits per heavy atom. The number of halogens is 2. The summed E-state index contributed by atoms with van der Waals surface area (Å²) in [5.74, 6) is -0.610. The molecule has 1 saturated heterocycles. The molecule has 2 aliphatic rings. The van der Waals surface area contributed by atoms with Gasteiger partial charge in [-0.25, -0.2) is 4.39 Å². The average molecular weight is 496 g/mol. The minimum absolute atomic E-state index is 0.203. The van der Waals surface area contributed by atoms with Gasteiger partial charge >= 0.3 is 0 Å². The van der Waals surface area contributed by atoms with Crippen molar-refractivity contribution >= 4 is 11.3 Å². The topological polar surface area (TPSA) is 37.4 Å². The third kappa shape index (κ3) is 4.59. The van der Waals surface area contributed by atoms with Gasteiger partial charge in [0, 0.05) is 40.3 Å². The molecule has 1 aromatic carbocycles. The van der Waals surface area contributed by atoms with E-state index in [9.17, 15) is 4.39 Å². The van der Waals surface area contributed by atoms with Gasteiger partial charge in [-0.3, -0.25) is 9.88 Å². The molecule has 0 radical (unpaired) electrons. The maximum Gasteiger partial charge on any atom is 0.213 e. The van der Waals surface area contributed by atoms with E-state index < -0.39 is 11.2 Å². The predicted octanol–water partition coefficient (Wildman–Crippen LogP) is 6.34. The van der Waals surface area contributed by atoms with E-state index >= 15 is 4.39 Å². The first kappa shape index (κ1) is 23.9. The summed E-state index contributed by atoms with van der Waals surface area (Å²) < 4.78 is 36.0. The Labute approximate surface area is 209 Å². The first-order valence-corrected chi connectivity index (χ1v) is 12.9. The summed E-state index contributed by atoms with van der Waals surface area (Å²) in [7, 11) is 0. The van der Waals surface area contributed by atoms with Crippen LogP contribution in [-0.4, -0.2) is 28.8 Å². The highest BCUT2D eigenvalue weighted by molar-refractivity contribution is 7.10. The molecule has 5 rings (SSSR count). The average Bonchev–Trinajstić information content (AvgIpc) is 3.45. The number of alkyl halides is 1. The second kappa shape index (κ2) is 9.03. The molecule has 4 heterocycles. The summed E-state index contributed by atoms with van der Waals surface area (Å²) in [6.07, 6.45) is 5.42. The molecule has 1 N–H and O–H groups in total. The van der Waals surface area contributed by atoms with Gasteiger partial charge in [0.05, 0.1) is 0 Å². The number of likely N-dealkylation sites (tertiary alicyclic amines) is 1. The third-order valence-corrected chi connectivity index (χ3v) is 8.55. The van der Waals surface area contributed by atoms with Crippen molar-refractivity contribution in [1.82, 2.24) is 15.2 Å². The molecule has 2 unspecified atom stereocenters. The van der Waals surface area contributed by atoms with Crippen LogP contribution in [-0.2, 0) is 12.0 Å². The van der Waals surface area contributed by atoms with E-state index in [0.29, 0.717) is 37.4 Å². The number of pyridine rings is 1. The standard InChI is InChI=1S/C28H31F2N3OS/c1-20-9-10-21(18-31-20)26(2,3)33-16-15-27(19-33,14-13-23-11-12-24(29)35-23)28(30)17-25(32-28)34-22-7-5-4-6-8-22/h4-12,17-18,32H,13-16,19H2,1-3H3. The number of rotatable bonds is 8. The SMILES string of the molecule is Cc1ccc(C(C)(C)N2CCC(CCc3ccc(F)s3)(C3(F)C=C(Oc4ccccc4)N3)C2)cn1. The van der Waals surface area contributed by atoms with Gasteiger partial charge in [-0.15, -0.1) is 11.3 Å². The normalized spacial score (nSPS) is 24.5. The van der Waals surface area contributed by atoms with Crippen LogP contribution < -0.4 is 10.1 Å². The first-order chi connectivity index (χ1) is 16.7. The molecular formula is C28H31F2N3OS. The largest absolute Gasteiger partial charge is 0.441 e. The Bertz CT molecular complexity index is 1210. The second-order valence-corrected chi connectivity index (χ2v) is 11.3. The van der Waals surface area contributed by atoms with Crippen LogP contribution in [0.25, 0.3) is 0 Å². The molecular weight excluding hydrogens is 464 g/mol. The van der Waals surface area contributed by atoms with Crippen molar-refractivity contribution in [3.05, 3.63) is 94.0 Å². The molecule has 2 aliphatic heterocycles. The number of ether oxygens (including phenoxy) is 1. The van der Waals surface area contributed by atoms with Crippen LogP contribution in [0, 0.1) is 17.5 Å². The number of nitrogens with zero attached hydrogens (tertiary/aromatic N) is 2. The highest BCUT2D eigenvalue weighted by Crippen LogP contribution is 2.52. The summed E-state index contributed by atoms with van der Waals surface area (Å²) in [5.41, 5.74) is 1.11. The fourth-order valence-electron chi connectivity index (χ4n) is 5.20.